The standard InChI is InChI=1S/C24H23N3O3/c1-16-5-7-19(8-6-16)21-14-22(23-4-3-13-30-23)27(26-21)24(29)15-25-20-11-9-18(10-12-20)17(2)28/h3-13,22,25H,14-15H2,1-2H3/t22-/m0/s1. The molecule has 152 valence electrons. The van der Waals surface area contributed by atoms with Gasteiger partial charge < -0.3 is 9.73 Å². The lowest BCUT2D eigenvalue weighted by molar-refractivity contribution is -0.131. The molecule has 1 aromatic heterocycles. The van der Waals surface area contributed by atoms with Crippen LogP contribution in [0.4, 0.5) is 5.69 Å². The van der Waals surface area contributed by atoms with E-state index < -0.39 is 0 Å². The van der Waals surface area contributed by atoms with Gasteiger partial charge in [-0.25, -0.2) is 5.01 Å². The largest absolute Gasteiger partial charge is 0.467 e. The summed E-state index contributed by atoms with van der Waals surface area (Å²) < 4.78 is 5.58. The van der Waals surface area contributed by atoms with E-state index in [1.54, 1.807) is 30.5 Å². The zero-order chi connectivity index (χ0) is 21.1. The fraction of sp³-hybridized carbons (Fsp3) is 0.208. The number of hydrogen-bond acceptors (Lipinski definition) is 5. The van der Waals surface area contributed by atoms with Crippen LogP contribution in [0.5, 0.6) is 0 Å². The molecule has 0 saturated carbocycles. The summed E-state index contributed by atoms with van der Waals surface area (Å²) in [6.07, 6.45) is 2.20. The van der Waals surface area contributed by atoms with Gasteiger partial charge in [0.05, 0.1) is 18.5 Å². The van der Waals surface area contributed by atoms with Crippen LogP contribution in [-0.4, -0.2) is 29.0 Å². The molecule has 0 aliphatic carbocycles. The maximum Gasteiger partial charge on any atom is 0.262 e. The lowest BCUT2D eigenvalue weighted by Crippen LogP contribution is -2.32. The molecule has 0 fully saturated rings. The van der Waals surface area contributed by atoms with Crippen LogP contribution in [0.2, 0.25) is 0 Å². The van der Waals surface area contributed by atoms with Gasteiger partial charge in [-0.05, 0) is 55.8 Å². The zero-order valence-electron chi connectivity index (χ0n) is 17.0. The molecule has 2 aromatic carbocycles. The minimum atomic E-state index is -0.273. The Hall–Kier alpha value is -3.67. The molecular formula is C24H23N3O3. The van der Waals surface area contributed by atoms with E-state index in [0.717, 1.165) is 17.0 Å². The van der Waals surface area contributed by atoms with Crippen LogP contribution in [-0.2, 0) is 4.79 Å². The highest BCUT2D eigenvalue weighted by molar-refractivity contribution is 6.03. The van der Waals surface area contributed by atoms with Crippen molar-refractivity contribution in [3.63, 3.8) is 0 Å². The minimum Gasteiger partial charge on any atom is -0.467 e. The van der Waals surface area contributed by atoms with Gasteiger partial charge in [0.2, 0.25) is 0 Å². The third-order valence-corrected chi connectivity index (χ3v) is 5.16. The van der Waals surface area contributed by atoms with Crippen molar-refractivity contribution in [2.75, 3.05) is 11.9 Å². The molecule has 0 radical (unpaired) electrons. The molecule has 1 amide bonds. The summed E-state index contributed by atoms with van der Waals surface area (Å²) in [4.78, 5) is 24.4. The van der Waals surface area contributed by atoms with Crippen LogP contribution in [0.25, 0.3) is 0 Å². The van der Waals surface area contributed by atoms with Gasteiger partial charge in [-0.3, -0.25) is 9.59 Å². The SMILES string of the molecule is CC(=O)c1ccc(NCC(=O)N2N=C(c3ccc(C)cc3)C[C@H]2c2ccco2)cc1. The van der Waals surface area contributed by atoms with Crippen molar-refractivity contribution in [3.05, 3.63) is 89.4 Å². The van der Waals surface area contributed by atoms with Gasteiger partial charge in [0.1, 0.15) is 11.8 Å². The van der Waals surface area contributed by atoms with Crippen molar-refractivity contribution in [1.82, 2.24) is 5.01 Å². The Morgan fingerprint density at radius 3 is 2.47 bits per heavy atom. The Morgan fingerprint density at radius 2 is 1.83 bits per heavy atom. The fourth-order valence-corrected chi connectivity index (χ4v) is 3.44. The number of nitrogens with zero attached hydrogens (tertiary/aromatic N) is 2. The first-order valence-electron chi connectivity index (χ1n) is 9.86. The number of aryl methyl sites for hydroxylation is 1. The number of nitrogens with one attached hydrogen (secondary N) is 1. The van der Waals surface area contributed by atoms with Crippen molar-refractivity contribution in [2.45, 2.75) is 26.3 Å². The molecule has 1 N–H and O–H groups in total. The number of ketones is 1. The van der Waals surface area contributed by atoms with Crippen LogP contribution in [0, 0.1) is 6.92 Å². The topological polar surface area (TPSA) is 74.9 Å². The van der Waals surface area contributed by atoms with Gasteiger partial charge in [-0.1, -0.05) is 29.8 Å². The van der Waals surface area contributed by atoms with Crippen LogP contribution in [0.15, 0.2) is 76.4 Å². The summed E-state index contributed by atoms with van der Waals surface area (Å²) in [5.74, 6) is 0.558. The average Bonchev–Trinajstić information content (AvgIpc) is 3.43. The van der Waals surface area contributed by atoms with E-state index in [-0.39, 0.29) is 24.3 Å². The first-order valence-corrected chi connectivity index (χ1v) is 9.86. The molecule has 0 unspecified atom stereocenters. The van der Waals surface area contributed by atoms with Crippen molar-refractivity contribution >= 4 is 23.1 Å². The van der Waals surface area contributed by atoms with Gasteiger partial charge in [0.15, 0.2) is 5.78 Å². The number of carbonyl (C=O) groups excluding carboxylic acids is 2. The van der Waals surface area contributed by atoms with Crippen LogP contribution in [0.1, 0.15) is 46.6 Å². The highest BCUT2D eigenvalue weighted by Gasteiger charge is 2.34. The molecule has 1 aliphatic heterocycles. The van der Waals surface area contributed by atoms with E-state index in [9.17, 15) is 9.59 Å². The molecule has 6 heteroatoms. The second-order valence-electron chi connectivity index (χ2n) is 7.37. The van der Waals surface area contributed by atoms with Gasteiger partial charge in [-0.2, -0.15) is 5.10 Å². The van der Waals surface area contributed by atoms with Gasteiger partial charge in [0, 0.05) is 17.7 Å². The van der Waals surface area contributed by atoms with Gasteiger partial charge in [-0.15, -0.1) is 0 Å². The number of anilines is 1. The number of carbonyl (C=O) groups is 2. The first-order chi connectivity index (χ1) is 14.5. The van der Waals surface area contributed by atoms with Crippen LogP contribution in [0.3, 0.4) is 0 Å². The molecule has 1 aliphatic rings. The molecule has 2 heterocycles. The summed E-state index contributed by atoms with van der Waals surface area (Å²) in [5, 5.41) is 9.25. The Bertz CT molecular complexity index is 1070. The number of rotatable bonds is 6. The first kappa shape index (κ1) is 19.6. The van der Waals surface area contributed by atoms with Crippen molar-refractivity contribution < 1.29 is 14.0 Å². The summed E-state index contributed by atoms with van der Waals surface area (Å²) in [7, 11) is 0. The summed E-state index contributed by atoms with van der Waals surface area (Å²) in [5.41, 5.74) is 4.44. The smallest absolute Gasteiger partial charge is 0.262 e. The normalized spacial score (nSPS) is 15.7. The van der Waals surface area contributed by atoms with E-state index in [2.05, 4.69) is 10.4 Å². The fourth-order valence-electron chi connectivity index (χ4n) is 3.44. The Labute approximate surface area is 175 Å². The quantitative estimate of drug-likeness (QED) is 0.614. The predicted octanol–water partition coefficient (Wildman–Crippen LogP) is 4.58. The molecule has 0 spiro atoms. The second kappa shape index (κ2) is 8.37. The number of Topliss-reactive ketones (excluding diaryl/α,β-unsaturated/α-hetero) is 1. The van der Waals surface area contributed by atoms with E-state index in [0.29, 0.717) is 17.7 Å². The monoisotopic (exact) mass is 401 g/mol. The van der Waals surface area contributed by atoms with E-state index in [1.165, 1.54) is 17.5 Å². The molecule has 0 saturated heterocycles. The van der Waals surface area contributed by atoms with Gasteiger partial charge >= 0.3 is 0 Å². The molecule has 30 heavy (non-hydrogen) atoms. The summed E-state index contributed by atoms with van der Waals surface area (Å²) >= 11 is 0. The lowest BCUT2D eigenvalue weighted by atomic mass is 10.0. The number of amides is 1. The molecular weight excluding hydrogens is 378 g/mol. The van der Waals surface area contributed by atoms with Crippen molar-refractivity contribution in [2.24, 2.45) is 5.10 Å². The zero-order valence-corrected chi connectivity index (χ0v) is 17.0. The predicted molar refractivity (Wildman–Crippen MR) is 116 cm³/mol. The molecule has 1 atom stereocenters. The minimum absolute atomic E-state index is 0.00829. The highest BCUT2D eigenvalue weighted by Crippen LogP contribution is 2.33. The van der Waals surface area contributed by atoms with Crippen LogP contribution >= 0.6 is 0 Å². The number of furan rings is 1. The third-order valence-electron chi connectivity index (χ3n) is 5.16. The van der Waals surface area contributed by atoms with Crippen molar-refractivity contribution in [1.29, 1.82) is 0 Å². The van der Waals surface area contributed by atoms with E-state index in [1.807, 2.05) is 43.3 Å². The average molecular weight is 401 g/mol. The van der Waals surface area contributed by atoms with Crippen LogP contribution < -0.4 is 5.32 Å². The van der Waals surface area contributed by atoms with Gasteiger partial charge in [0.25, 0.3) is 5.91 Å². The van der Waals surface area contributed by atoms with Crippen molar-refractivity contribution in [3.8, 4) is 0 Å². The third kappa shape index (κ3) is 4.17. The Balaban J connectivity index is 1.51. The van der Waals surface area contributed by atoms with E-state index in [4.69, 9.17) is 4.42 Å². The highest BCUT2D eigenvalue weighted by atomic mass is 16.3. The molecule has 4 rings (SSSR count). The second-order valence-corrected chi connectivity index (χ2v) is 7.37. The Kier molecular flexibility index (Phi) is 5.48. The number of hydrazone groups is 1. The lowest BCUT2D eigenvalue weighted by Gasteiger charge is -2.20. The maximum atomic E-state index is 13.0. The Morgan fingerprint density at radius 1 is 1.10 bits per heavy atom. The molecule has 3 aromatic rings. The maximum absolute atomic E-state index is 13.0. The number of hydrogen-bond donors (Lipinski definition) is 1. The number of benzene rings is 2. The summed E-state index contributed by atoms with van der Waals surface area (Å²) in [6.45, 7) is 3.65. The van der Waals surface area contributed by atoms with E-state index >= 15 is 0 Å². The molecule has 6 nitrogen and oxygen atoms in total. The molecule has 0 bridgehead atoms. The summed E-state index contributed by atoms with van der Waals surface area (Å²) in [6, 6.07) is 18.6.